The minimum atomic E-state index is -0.841. The van der Waals surface area contributed by atoms with E-state index in [9.17, 15) is 24.9 Å². The van der Waals surface area contributed by atoms with Crippen molar-refractivity contribution in [1.82, 2.24) is 0 Å². The normalized spacial score (nSPS) is 23.2. The van der Waals surface area contributed by atoms with Gasteiger partial charge >= 0.3 is 5.97 Å². The molecule has 1 aliphatic rings. The monoisotopic (exact) mass is 306 g/mol. The number of hydrogen-bond acceptors (Lipinski definition) is 6. The second kappa shape index (κ2) is 6.62. The van der Waals surface area contributed by atoms with E-state index in [0.29, 0.717) is 12.8 Å². The number of benzene rings is 1. The lowest BCUT2D eigenvalue weighted by molar-refractivity contribution is -0.147. The molecule has 2 rings (SSSR count). The quantitative estimate of drug-likeness (QED) is 0.627. The zero-order valence-electron chi connectivity index (χ0n) is 12.2. The Hall–Kier alpha value is -2.34. The maximum absolute atomic E-state index is 12.2. The first-order valence-corrected chi connectivity index (χ1v) is 7.01. The molecule has 0 aliphatic carbocycles. The van der Waals surface area contributed by atoms with Gasteiger partial charge < -0.3 is 20.1 Å². The van der Waals surface area contributed by atoms with Crippen LogP contribution < -0.4 is 0 Å². The molecule has 0 bridgehead atoms. The Morgan fingerprint density at radius 2 is 1.91 bits per heavy atom. The van der Waals surface area contributed by atoms with Crippen molar-refractivity contribution in [2.75, 3.05) is 0 Å². The molecule has 22 heavy (non-hydrogen) atoms. The first-order valence-electron chi connectivity index (χ1n) is 7.01. The molecule has 0 radical (unpaired) electrons. The predicted molar refractivity (Wildman–Crippen MR) is 77.7 cm³/mol. The first kappa shape index (κ1) is 16.0. The maximum Gasteiger partial charge on any atom is 0.310 e. The van der Waals surface area contributed by atoms with Gasteiger partial charge in [0, 0.05) is 6.07 Å². The summed E-state index contributed by atoms with van der Waals surface area (Å²) in [5.41, 5.74) is 0.103. The number of carbonyl (C=O) groups excluding carboxylic acids is 2. The van der Waals surface area contributed by atoms with Gasteiger partial charge in [-0.25, -0.2) is 0 Å². The van der Waals surface area contributed by atoms with Crippen LogP contribution in [0.5, 0.6) is 11.5 Å². The number of phenols is 2. The Kier molecular flexibility index (Phi) is 4.82. The van der Waals surface area contributed by atoms with Crippen LogP contribution in [-0.2, 0) is 16.0 Å². The van der Waals surface area contributed by atoms with Crippen molar-refractivity contribution in [3.05, 3.63) is 35.4 Å². The van der Waals surface area contributed by atoms with Crippen LogP contribution in [-0.4, -0.2) is 39.3 Å². The fourth-order valence-electron chi connectivity index (χ4n) is 2.36. The van der Waals surface area contributed by atoms with E-state index in [1.165, 1.54) is 12.1 Å². The van der Waals surface area contributed by atoms with Crippen molar-refractivity contribution in [3.8, 4) is 11.5 Å². The Balaban J connectivity index is 2.46. The molecule has 1 aromatic rings. The molecule has 0 fully saturated rings. The van der Waals surface area contributed by atoms with Gasteiger partial charge in [-0.05, 0) is 37.5 Å². The van der Waals surface area contributed by atoms with Crippen LogP contribution in [0.4, 0.5) is 0 Å². The third-order valence-electron chi connectivity index (χ3n) is 3.44. The smallest absolute Gasteiger partial charge is 0.310 e. The molecule has 6 heteroatoms. The lowest BCUT2D eigenvalue weighted by Gasteiger charge is -2.16. The van der Waals surface area contributed by atoms with E-state index in [4.69, 9.17) is 4.74 Å². The van der Waals surface area contributed by atoms with Crippen LogP contribution in [0.2, 0.25) is 0 Å². The maximum atomic E-state index is 12.2. The molecule has 0 aromatic heterocycles. The van der Waals surface area contributed by atoms with Gasteiger partial charge in [0.2, 0.25) is 0 Å². The fourth-order valence-corrected chi connectivity index (χ4v) is 2.36. The summed E-state index contributed by atoms with van der Waals surface area (Å²) in [4.78, 5) is 24.1. The highest BCUT2D eigenvalue weighted by Crippen LogP contribution is 2.29. The molecule has 1 aromatic carbocycles. The molecule has 118 valence electrons. The summed E-state index contributed by atoms with van der Waals surface area (Å²) < 4.78 is 5.19. The van der Waals surface area contributed by atoms with Crippen LogP contribution in [0, 0.1) is 0 Å². The van der Waals surface area contributed by atoms with Gasteiger partial charge in [0.05, 0.1) is 24.2 Å². The highest BCUT2D eigenvalue weighted by Gasteiger charge is 2.21. The number of rotatable bonds is 0. The number of hydrogen-bond donors (Lipinski definition) is 3. The third-order valence-corrected chi connectivity index (χ3v) is 3.44. The predicted octanol–water partition coefficient (Wildman–Crippen LogP) is 1.47. The number of aromatic hydroxyl groups is 2. The van der Waals surface area contributed by atoms with E-state index in [2.05, 4.69) is 0 Å². The Bertz CT molecular complexity index is 619. The Morgan fingerprint density at radius 3 is 2.64 bits per heavy atom. The van der Waals surface area contributed by atoms with E-state index >= 15 is 0 Å². The van der Waals surface area contributed by atoms with Crippen molar-refractivity contribution in [1.29, 1.82) is 0 Å². The molecular formula is C16H18O6. The molecule has 1 unspecified atom stereocenters. The van der Waals surface area contributed by atoms with Crippen LogP contribution in [0.3, 0.4) is 0 Å². The molecule has 3 N–H and O–H groups in total. The summed E-state index contributed by atoms with van der Waals surface area (Å²) in [6.07, 6.45) is 1.87. The number of ketones is 1. The molecule has 1 heterocycles. The summed E-state index contributed by atoms with van der Waals surface area (Å²) in [6.45, 7) is 1.71. The summed E-state index contributed by atoms with van der Waals surface area (Å²) in [7, 11) is 0. The lowest BCUT2D eigenvalue weighted by atomic mass is 9.98. The summed E-state index contributed by atoms with van der Waals surface area (Å²) >= 11 is 0. The molecule has 0 saturated carbocycles. The number of allylic oxidation sites excluding steroid dienone is 1. The van der Waals surface area contributed by atoms with Crippen molar-refractivity contribution >= 4 is 11.8 Å². The topological polar surface area (TPSA) is 104 Å². The number of phenolic OH excluding ortho intramolecular Hbond substituents is 2. The number of fused-ring (bicyclic) bond motifs is 1. The number of aliphatic hydroxyl groups is 1. The van der Waals surface area contributed by atoms with Crippen molar-refractivity contribution in [2.45, 2.75) is 38.4 Å². The average molecular weight is 306 g/mol. The first-order chi connectivity index (χ1) is 10.4. The molecular weight excluding hydrogens is 288 g/mol. The minimum absolute atomic E-state index is 0.0774. The van der Waals surface area contributed by atoms with Gasteiger partial charge in [0.15, 0.2) is 5.78 Å². The second-order valence-electron chi connectivity index (χ2n) is 5.34. The zero-order chi connectivity index (χ0) is 16.3. The Labute approximate surface area is 127 Å². The minimum Gasteiger partial charge on any atom is -0.508 e. The molecule has 2 atom stereocenters. The largest absolute Gasteiger partial charge is 0.508 e. The fraction of sp³-hybridized carbons (Fsp3) is 0.375. The highest BCUT2D eigenvalue weighted by molar-refractivity contribution is 6.08. The van der Waals surface area contributed by atoms with Gasteiger partial charge in [-0.1, -0.05) is 6.08 Å². The van der Waals surface area contributed by atoms with Gasteiger partial charge in [0.1, 0.15) is 11.5 Å². The van der Waals surface area contributed by atoms with Gasteiger partial charge in [-0.15, -0.1) is 0 Å². The van der Waals surface area contributed by atoms with E-state index in [1.54, 1.807) is 6.92 Å². The molecule has 0 spiro atoms. The lowest BCUT2D eigenvalue weighted by Crippen LogP contribution is -2.20. The zero-order valence-corrected chi connectivity index (χ0v) is 12.2. The summed E-state index contributed by atoms with van der Waals surface area (Å²) in [5.74, 6) is -1.78. The third kappa shape index (κ3) is 3.85. The number of cyclic esters (lactones) is 1. The van der Waals surface area contributed by atoms with E-state index < -0.39 is 23.6 Å². The highest BCUT2D eigenvalue weighted by atomic mass is 16.5. The van der Waals surface area contributed by atoms with E-state index in [0.717, 1.165) is 12.1 Å². The number of aliphatic hydroxyl groups excluding tert-OH is 1. The van der Waals surface area contributed by atoms with Gasteiger partial charge in [0.25, 0.3) is 0 Å². The number of esters is 1. The Morgan fingerprint density at radius 1 is 1.18 bits per heavy atom. The van der Waals surface area contributed by atoms with Gasteiger partial charge in [-0.3, -0.25) is 9.59 Å². The summed E-state index contributed by atoms with van der Waals surface area (Å²) in [6, 6.07) is 2.27. The number of ether oxygens (including phenoxy) is 1. The van der Waals surface area contributed by atoms with E-state index in [1.807, 2.05) is 0 Å². The van der Waals surface area contributed by atoms with Crippen LogP contribution in [0.25, 0.3) is 0 Å². The van der Waals surface area contributed by atoms with Crippen molar-refractivity contribution in [2.24, 2.45) is 0 Å². The van der Waals surface area contributed by atoms with Crippen LogP contribution in [0.1, 0.15) is 35.7 Å². The SMILES string of the molecule is C[C@@H]1CCC(O)C=CC(=O)c2c(O)cc(O)cc2CC(=O)O1. The van der Waals surface area contributed by atoms with Crippen LogP contribution >= 0.6 is 0 Å². The van der Waals surface area contributed by atoms with Crippen molar-refractivity contribution in [3.63, 3.8) is 0 Å². The molecule has 0 amide bonds. The average Bonchev–Trinajstić information content (AvgIpc) is 2.40. The molecule has 6 nitrogen and oxygen atoms in total. The van der Waals surface area contributed by atoms with Crippen LogP contribution in [0.15, 0.2) is 24.3 Å². The molecule has 1 aliphatic heterocycles. The second-order valence-corrected chi connectivity index (χ2v) is 5.34. The van der Waals surface area contributed by atoms with Gasteiger partial charge in [-0.2, -0.15) is 0 Å². The summed E-state index contributed by atoms with van der Waals surface area (Å²) in [5, 5.41) is 29.2. The van der Waals surface area contributed by atoms with E-state index in [-0.39, 0.29) is 29.4 Å². The standard InChI is InChI=1S/C16H18O6/c1-9-2-3-11(17)4-5-13(19)16-10(7-15(21)22-9)6-12(18)8-14(16)20/h4-6,8-9,11,17-18,20H,2-3,7H2,1H3/t9-,11?/m1/s1. The molecule has 0 saturated heterocycles. The number of carbonyl (C=O) groups is 2. The van der Waals surface area contributed by atoms with Crippen molar-refractivity contribution < 1.29 is 29.6 Å².